The van der Waals surface area contributed by atoms with Gasteiger partial charge in [0.2, 0.25) is 0 Å². The number of nitrogens with zero attached hydrogens (tertiary/aromatic N) is 3. The summed E-state index contributed by atoms with van der Waals surface area (Å²) in [4.78, 5) is 26.8. The molecule has 0 unspecified atom stereocenters. The van der Waals surface area contributed by atoms with Crippen LogP contribution in [0.1, 0.15) is 59.0 Å². The number of amides is 1. The molecule has 1 aromatic heterocycles. The Bertz CT molecular complexity index is 829. The fourth-order valence-corrected chi connectivity index (χ4v) is 3.72. The summed E-state index contributed by atoms with van der Waals surface area (Å²) >= 11 is 0. The van der Waals surface area contributed by atoms with E-state index in [0.717, 1.165) is 37.9 Å². The van der Waals surface area contributed by atoms with Gasteiger partial charge in [0, 0.05) is 24.8 Å². The number of carbonyl (C=O) groups is 2. The van der Waals surface area contributed by atoms with Crippen LogP contribution in [-0.4, -0.2) is 57.5 Å². The third-order valence-electron chi connectivity index (χ3n) is 5.20. The summed E-state index contributed by atoms with van der Waals surface area (Å²) in [5.74, 6) is -0.364. The smallest absolute Gasteiger partial charge is 0.341 e. The zero-order valence-corrected chi connectivity index (χ0v) is 16.4. The van der Waals surface area contributed by atoms with Crippen LogP contribution in [0.4, 0.5) is 0 Å². The van der Waals surface area contributed by atoms with Crippen molar-refractivity contribution < 1.29 is 19.4 Å². The Morgan fingerprint density at radius 2 is 2.04 bits per heavy atom. The zero-order valence-electron chi connectivity index (χ0n) is 16.4. The summed E-state index contributed by atoms with van der Waals surface area (Å²) in [5, 5.41) is 13.3. The molecule has 1 fully saturated rings. The quantitative estimate of drug-likeness (QED) is 0.741. The molecule has 1 amide bonds. The number of carbonyl (C=O) groups excluding carboxylic acids is 2. The first-order valence-electron chi connectivity index (χ1n) is 9.80. The first-order chi connectivity index (χ1) is 13.6. The normalized spacial score (nSPS) is 16.4. The van der Waals surface area contributed by atoms with E-state index < -0.39 is 0 Å². The molecule has 1 aromatic carbocycles. The van der Waals surface area contributed by atoms with Crippen molar-refractivity contribution in [3.63, 3.8) is 0 Å². The van der Waals surface area contributed by atoms with Crippen molar-refractivity contribution in [2.75, 3.05) is 19.8 Å². The van der Waals surface area contributed by atoms with Crippen molar-refractivity contribution in [1.82, 2.24) is 14.7 Å². The highest BCUT2D eigenvalue weighted by Crippen LogP contribution is 2.24. The lowest BCUT2D eigenvalue weighted by molar-refractivity contribution is 0.0525. The molecule has 0 aliphatic carbocycles. The second kappa shape index (κ2) is 9.01. The van der Waals surface area contributed by atoms with Crippen molar-refractivity contribution in [3.05, 3.63) is 47.3 Å². The first-order valence-corrected chi connectivity index (χ1v) is 9.80. The minimum atomic E-state index is -0.388. The lowest BCUT2D eigenvalue weighted by Crippen LogP contribution is -2.35. The van der Waals surface area contributed by atoms with Crippen molar-refractivity contribution in [2.24, 2.45) is 0 Å². The molecule has 0 spiro atoms. The van der Waals surface area contributed by atoms with E-state index in [0.29, 0.717) is 23.4 Å². The topological polar surface area (TPSA) is 84.7 Å². The van der Waals surface area contributed by atoms with E-state index in [-0.39, 0.29) is 24.5 Å². The minimum Gasteiger partial charge on any atom is -0.462 e. The molecule has 1 aliphatic heterocycles. The standard InChI is InChI=1S/C21H27N3O4/c1-3-28-21(27)19-14-22-24(15(19)2)18-10-8-16(9-11-18)20(26)23-12-4-6-17(23)7-5-13-25/h8-11,14,17,25H,3-7,12-13H2,1-2H3/t17-/m1/s1. The van der Waals surface area contributed by atoms with Gasteiger partial charge in [-0.1, -0.05) is 0 Å². The molecule has 2 heterocycles. The third kappa shape index (κ3) is 4.09. The van der Waals surface area contributed by atoms with Gasteiger partial charge < -0.3 is 14.7 Å². The first kappa shape index (κ1) is 20.1. The number of likely N-dealkylation sites (tertiary alicyclic amines) is 1. The molecule has 7 nitrogen and oxygen atoms in total. The van der Waals surface area contributed by atoms with Crippen LogP contribution in [0.2, 0.25) is 0 Å². The van der Waals surface area contributed by atoms with E-state index in [9.17, 15) is 9.59 Å². The van der Waals surface area contributed by atoms with Crippen molar-refractivity contribution in [2.45, 2.75) is 45.6 Å². The molecule has 1 saturated heterocycles. The number of aromatic nitrogens is 2. The number of rotatable bonds is 7. The van der Waals surface area contributed by atoms with Crippen LogP contribution in [0.15, 0.2) is 30.5 Å². The fourth-order valence-electron chi connectivity index (χ4n) is 3.72. The Hall–Kier alpha value is -2.67. The SMILES string of the molecule is CCOC(=O)c1cnn(-c2ccc(C(=O)N3CCC[C@@H]3CCCO)cc2)c1C. The summed E-state index contributed by atoms with van der Waals surface area (Å²) in [6.45, 7) is 4.81. The Kier molecular flexibility index (Phi) is 6.46. The molecule has 0 radical (unpaired) electrons. The highest BCUT2D eigenvalue weighted by Gasteiger charge is 2.28. The second-order valence-corrected chi connectivity index (χ2v) is 6.98. The van der Waals surface area contributed by atoms with Gasteiger partial charge in [-0.05, 0) is 63.8 Å². The van der Waals surface area contributed by atoms with Crippen LogP contribution >= 0.6 is 0 Å². The molecule has 3 rings (SSSR count). The van der Waals surface area contributed by atoms with Crippen LogP contribution < -0.4 is 0 Å². The Morgan fingerprint density at radius 1 is 1.29 bits per heavy atom. The predicted octanol–water partition coefficient (Wildman–Crippen LogP) is 2.73. The summed E-state index contributed by atoms with van der Waals surface area (Å²) in [5.41, 5.74) is 2.55. The molecule has 1 aliphatic rings. The molecule has 150 valence electrons. The lowest BCUT2D eigenvalue weighted by Gasteiger charge is -2.24. The van der Waals surface area contributed by atoms with Gasteiger partial charge in [-0.2, -0.15) is 5.10 Å². The predicted molar refractivity (Wildman–Crippen MR) is 105 cm³/mol. The van der Waals surface area contributed by atoms with Crippen LogP contribution in [0.3, 0.4) is 0 Å². The Morgan fingerprint density at radius 3 is 2.71 bits per heavy atom. The van der Waals surface area contributed by atoms with Gasteiger partial charge in [0.1, 0.15) is 5.56 Å². The number of hydrogen-bond donors (Lipinski definition) is 1. The molecule has 1 atom stereocenters. The van der Waals surface area contributed by atoms with Crippen LogP contribution in [0.25, 0.3) is 5.69 Å². The Balaban J connectivity index is 1.75. The average molecular weight is 385 g/mol. The van der Waals surface area contributed by atoms with Gasteiger partial charge >= 0.3 is 5.97 Å². The van der Waals surface area contributed by atoms with E-state index in [4.69, 9.17) is 9.84 Å². The molecule has 7 heteroatoms. The number of ether oxygens (including phenoxy) is 1. The summed E-state index contributed by atoms with van der Waals surface area (Å²) < 4.78 is 6.71. The monoisotopic (exact) mass is 385 g/mol. The second-order valence-electron chi connectivity index (χ2n) is 6.98. The van der Waals surface area contributed by atoms with Crippen LogP contribution in [0, 0.1) is 6.92 Å². The molecule has 28 heavy (non-hydrogen) atoms. The van der Waals surface area contributed by atoms with Crippen molar-refractivity contribution >= 4 is 11.9 Å². The number of benzene rings is 1. The summed E-state index contributed by atoms with van der Waals surface area (Å²) in [6.07, 6.45) is 5.05. The van der Waals surface area contributed by atoms with Gasteiger partial charge in [0.25, 0.3) is 5.91 Å². The molecular weight excluding hydrogens is 358 g/mol. The van der Waals surface area contributed by atoms with Gasteiger partial charge in [0.15, 0.2) is 0 Å². The minimum absolute atomic E-state index is 0.0244. The Labute approximate surface area is 164 Å². The van der Waals surface area contributed by atoms with E-state index in [2.05, 4.69) is 5.10 Å². The van der Waals surface area contributed by atoms with Crippen LogP contribution in [0.5, 0.6) is 0 Å². The summed E-state index contributed by atoms with van der Waals surface area (Å²) in [6, 6.07) is 7.47. The molecule has 1 N–H and O–H groups in total. The largest absolute Gasteiger partial charge is 0.462 e. The number of esters is 1. The highest BCUT2D eigenvalue weighted by atomic mass is 16.5. The van der Waals surface area contributed by atoms with Gasteiger partial charge in [0.05, 0.1) is 24.2 Å². The van der Waals surface area contributed by atoms with Crippen LogP contribution in [-0.2, 0) is 4.74 Å². The molecule has 0 saturated carbocycles. The van der Waals surface area contributed by atoms with E-state index >= 15 is 0 Å². The van der Waals surface area contributed by atoms with Crippen molar-refractivity contribution in [3.8, 4) is 5.69 Å². The third-order valence-corrected chi connectivity index (χ3v) is 5.20. The van der Waals surface area contributed by atoms with Gasteiger partial charge in [-0.25, -0.2) is 9.48 Å². The van der Waals surface area contributed by atoms with Gasteiger partial charge in [-0.15, -0.1) is 0 Å². The molecular formula is C21H27N3O4. The number of aliphatic hydroxyl groups excluding tert-OH is 1. The van der Waals surface area contributed by atoms with E-state index in [1.807, 2.05) is 24.0 Å². The lowest BCUT2D eigenvalue weighted by atomic mass is 10.1. The van der Waals surface area contributed by atoms with Gasteiger partial charge in [-0.3, -0.25) is 4.79 Å². The maximum absolute atomic E-state index is 12.9. The summed E-state index contributed by atoms with van der Waals surface area (Å²) in [7, 11) is 0. The average Bonchev–Trinajstić information content (AvgIpc) is 3.32. The van der Waals surface area contributed by atoms with E-state index in [1.54, 1.807) is 23.7 Å². The number of aliphatic hydroxyl groups is 1. The molecule has 0 bridgehead atoms. The maximum atomic E-state index is 12.9. The number of hydrogen-bond acceptors (Lipinski definition) is 5. The zero-order chi connectivity index (χ0) is 20.1. The maximum Gasteiger partial charge on any atom is 0.341 e. The highest BCUT2D eigenvalue weighted by molar-refractivity contribution is 5.95. The molecule has 2 aromatic rings. The van der Waals surface area contributed by atoms with Crippen molar-refractivity contribution in [1.29, 1.82) is 0 Å². The fraction of sp³-hybridized carbons (Fsp3) is 0.476. The van der Waals surface area contributed by atoms with E-state index in [1.165, 1.54) is 6.20 Å².